The van der Waals surface area contributed by atoms with Crippen molar-refractivity contribution in [2.45, 2.75) is 19.1 Å². The largest absolute Gasteiger partial charge is 0.481 e. The van der Waals surface area contributed by atoms with Crippen molar-refractivity contribution in [2.24, 2.45) is 0 Å². The fourth-order valence-electron chi connectivity index (χ4n) is 1.63. The lowest BCUT2D eigenvalue weighted by Gasteiger charge is -2.16. The zero-order chi connectivity index (χ0) is 17.6. The summed E-state index contributed by atoms with van der Waals surface area (Å²) >= 11 is 0. The van der Waals surface area contributed by atoms with E-state index >= 15 is 0 Å². The van der Waals surface area contributed by atoms with Crippen molar-refractivity contribution in [3.8, 4) is 0 Å². The predicted molar refractivity (Wildman–Crippen MR) is 73.6 cm³/mol. The van der Waals surface area contributed by atoms with Gasteiger partial charge in [0.1, 0.15) is 0 Å². The number of rotatable bonds is 6. The van der Waals surface area contributed by atoms with E-state index in [0.717, 1.165) is 0 Å². The fraction of sp³-hybridized carbons (Fsp3) is 0.357. The van der Waals surface area contributed by atoms with Gasteiger partial charge in [0.2, 0.25) is 0 Å². The monoisotopic (exact) mass is 332 g/mol. The molecule has 0 spiro atoms. The summed E-state index contributed by atoms with van der Waals surface area (Å²) in [7, 11) is 1.45. The molecule has 23 heavy (non-hydrogen) atoms. The van der Waals surface area contributed by atoms with Gasteiger partial charge in [-0.05, 0) is 17.7 Å². The van der Waals surface area contributed by atoms with Gasteiger partial charge in [-0.1, -0.05) is 12.1 Å². The lowest BCUT2D eigenvalue weighted by atomic mass is 10.1. The number of amides is 2. The number of carboxylic acids is 1. The molecule has 6 nitrogen and oxygen atoms in total. The van der Waals surface area contributed by atoms with E-state index in [-0.39, 0.29) is 25.1 Å². The number of carbonyl (C=O) groups is 3. The van der Waals surface area contributed by atoms with Crippen molar-refractivity contribution in [2.75, 3.05) is 13.6 Å². The van der Waals surface area contributed by atoms with Gasteiger partial charge in [-0.2, -0.15) is 13.2 Å². The van der Waals surface area contributed by atoms with E-state index < -0.39 is 24.0 Å². The maximum atomic E-state index is 12.0. The second-order valence-electron chi connectivity index (χ2n) is 4.75. The van der Waals surface area contributed by atoms with Crippen LogP contribution in [-0.2, 0) is 16.1 Å². The first-order valence-corrected chi connectivity index (χ1v) is 6.52. The molecule has 0 aliphatic carbocycles. The van der Waals surface area contributed by atoms with Crippen LogP contribution in [-0.4, -0.2) is 47.6 Å². The van der Waals surface area contributed by atoms with Crippen LogP contribution < -0.4 is 5.32 Å². The van der Waals surface area contributed by atoms with Crippen molar-refractivity contribution in [3.63, 3.8) is 0 Å². The average molecular weight is 332 g/mol. The molecule has 0 unspecified atom stereocenters. The number of aliphatic carboxylic acids is 1. The number of alkyl halides is 3. The standard InChI is InChI=1S/C14H15F3N2O4/c1-19(7-6-11(20)21)12(22)10-4-2-9(3-5-10)8-18-13(23)14(15,16)17/h2-5H,6-8H2,1H3,(H,18,23)(H,20,21). The number of carbonyl (C=O) groups excluding carboxylic acids is 2. The Morgan fingerprint density at radius 2 is 1.74 bits per heavy atom. The minimum absolute atomic E-state index is 0.0392. The molecule has 1 aromatic rings. The molecule has 2 N–H and O–H groups in total. The number of carboxylic acid groups (broad SMARTS) is 1. The quantitative estimate of drug-likeness (QED) is 0.825. The highest BCUT2D eigenvalue weighted by atomic mass is 19.4. The number of benzene rings is 1. The molecule has 0 aliphatic rings. The normalized spacial score (nSPS) is 11.0. The first-order chi connectivity index (χ1) is 10.6. The van der Waals surface area contributed by atoms with Crippen LogP contribution in [0, 0.1) is 0 Å². The fourth-order valence-corrected chi connectivity index (χ4v) is 1.63. The van der Waals surface area contributed by atoms with Crippen LogP contribution in [0.1, 0.15) is 22.3 Å². The number of hydrogen-bond acceptors (Lipinski definition) is 3. The first kappa shape index (κ1) is 18.5. The summed E-state index contributed by atoms with van der Waals surface area (Å²) in [5.41, 5.74) is 0.663. The molecule has 0 bridgehead atoms. The van der Waals surface area contributed by atoms with Crippen LogP contribution in [0.25, 0.3) is 0 Å². The molecule has 0 saturated carbocycles. The van der Waals surface area contributed by atoms with Gasteiger partial charge in [-0.25, -0.2) is 0 Å². The maximum Gasteiger partial charge on any atom is 0.471 e. The van der Waals surface area contributed by atoms with Crippen LogP contribution in [0.15, 0.2) is 24.3 Å². The molecular weight excluding hydrogens is 317 g/mol. The minimum Gasteiger partial charge on any atom is -0.481 e. The summed E-state index contributed by atoms with van der Waals surface area (Å²) in [5, 5.41) is 10.3. The van der Waals surface area contributed by atoms with E-state index in [0.29, 0.717) is 5.56 Å². The predicted octanol–water partition coefficient (Wildman–Crippen LogP) is 1.41. The molecule has 0 fully saturated rings. The van der Waals surface area contributed by atoms with E-state index in [2.05, 4.69) is 0 Å². The summed E-state index contributed by atoms with van der Waals surface area (Å²) in [4.78, 5) is 34.3. The highest BCUT2D eigenvalue weighted by molar-refractivity contribution is 5.94. The van der Waals surface area contributed by atoms with Crippen molar-refractivity contribution >= 4 is 17.8 Å². The molecule has 0 aliphatic heterocycles. The Labute approximate surface area is 129 Å². The molecule has 0 heterocycles. The third-order valence-corrected chi connectivity index (χ3v) is 2.92. The topological polar surface area (TPSA) is 86.7 Å². The molecule has 2 amide bonds. The molecule has 0 atom stereocenters. The Balaban J connectivity index is 2.60. The number of nitrogens with zero attached hydrogens (tertiary/aromatic N) is 1. The molecule has 126 valence electrons. The second-order valence-corrected chi connectivity index (χ2v) is 4.75. The van der Waals surface area contributed by atoms with Crippen LogP contribution in [0.3, 0.4) is 0 Å². The number of hydrogen-bond donors (Lipinski definition) is 2. The van der Waals surface area contributed by atoms with Crippen molar-refractivity contribution in [1.29, 1.82) is 0 Å². The zero-order valence-electron chi connectivity index (χ0n) is 12.2. The van der Waals surface area contributed by atoms with E-state index in [1.54, 1.807) is 5.32 Å². The molecule has 0 radical (unpaired) electrons. The van der Waals surface area contributed by atoms with Gasteiger partial charge in [0.05, 0.1) is 6.42 Å². The van der Waals surface area contributed by atoms with E-state index in [4.69, 9.17) is 5.11 Å². The van der Waals surface area contributed by atoms with Gasteiger partial charge in [0.15, 0.2) is 0 Å². The molecular formula is C14H15F3N2O4. The van der Waals surface area contributed by atoms with Gasteiger partial charge >= 0.3 is 18.1 Å². The summed E-state index contributed by atoms with van der Waals surface area (Å²) in [6, 6.07) is 5.62. The van der Waals surface area contributed by atoms with Crippen molar-refractivity contribution < 1.29 is 32.7 Å². The highest BCUT2D eigenvalue weighted by Gasteiger charge is 2.38. The van der Waals surface area contributed by atoms with Gasteiger partial charge in [-0.3, -0.25) is 14.4 Å². The van der Waals surface area contributed by atoms with Crippen LogP contribution in [0.4, 0.5) is 13.2 Å². The number of nitrogens with one attached hydrogen (secondary N) is 1. The van der Waals surface area contributed by atoms with E-state index in [1.807, 2.05) is 0 Å². The Bertz CT molecular complexity index is 585. The average Bonchev–Trinajstić information content (AvgIpc) is 2.49. The molecule has 0 saturated heterocycles. The first-order valence-electron chi connectivity index (χ1n) is 6.52. The van der Waals surface area contributed by atoms with Gasteiger partial charge in [-0.15, -0.1) is 0 Å². The third-order valence-electron chi connectivity index (χ3n) is 2.92. The van der Waals surface area contributed by atoms with E-state index in [1.165, 1.54) is 36.2 Å². The van der Waals surface area contributed by atoms with Crippen molar-refractivity contribution in [1.82, 2.24) is 10.2 Å². The minimum atomic E-state index is -4.94. The smallest absolute Gasteiger partial charge is 0.471 e. The third kappa shape index (κ3) is 5.97. The molecule has 0 aromatic heterocycles. The summed E-state index contributed by atoms with van der Waals surface area (Å²) < 4.78 is 36.1. The highest BCUT2D eigenvalue weighted by Crippen LogP contribution is 2.14. The Morgan fingerprint density at radius 3 is 2.22 bits per heavy atom. The SMILES string of the molecule is CN(CCC(=O)O)C(=O)c1ccc(CNC(=O)C(F)(F)F)cc1. The lowest BCUT2D eigenvalue weighted by Crippen LogP contribution is -2.36. The lowest BCUT2D eigenvalue weighted by molar-refractivity contribution is -0.173. The van der Waals surface area contributed by atoms with Gasteiger partial charge in [0, 0.05) is 25.7 Å². The molecule has 9 heteroatoms. The van der Waals surface area contributed by atoms with Crippen LogP contribution in [0.2, 0.25) is 0 Å². The Morgan fingerprint density at radius 1 is 1.17 bits per heavy atom. The second kappa shape index (κ2) is 7.61. The Hall–Kier alpha value is -2.58. The summed E-state index contributed by atoms with van der Waals surface area (Å²) in [6.07, 6.45) is -5.13. The van der Waals surface area contributed by atoms with Crippen LogP contribution >= 0.6 is 0 Å². The van der Waals surface area contributed by atoms with E-state index in [9.17, 15) is 27.6 Å². The maximum absolute atomic E-state index is 12.0. The number of halogens is 3. The zero-order valence-corrected chi connectivity index (χ0v) is 12.2. The Kier molecular flexibility index (Phi) is 6.11. The summed E-state index contributed by atoms with van der Waals surface area (Å²) in [5.74, 6) is -3.47. The molecule has 1 rings (SSSR count). The summed E-state index contributed by atoms with van der Waals surface area (Å²) in [6.45, 7) is -0.279. The van der Waals surface area contributed by atoms with Crippen molar-refractivity contribution in [3.05, 3.63) is 35.4 Å². The van der Waals surface area contributed by atoms with Crippen LogP contribution in [0.5, 0.6) is 0 Å². The van der Waals surface area contributed by atoms with Gasteiger partial charge < -0.3 is 15.3 Å². The molecule has 1 aromatic carbocycles. The van der Waals surface area contributed by atoms with Gasteiger partial charge in [0.25, 0.3) is 5.91 Å².